The third-order valence-corrected chi connectivity index (χ3v) is 6.42. The highest BCUT2D eigenvalue weighted by molar-refractivity contribution is 7.99. The third kappa shape index (κ3) is 3.57. The minimum absolute atomic E-state index is 0.692. The molecule has 1 aliphatic rings. The lowest BCUT2D eigenvalue weighted by Gasteiger charge is -2.10. The predicted octanol–water partition coefficient (Wildman–Crippen LogP) is 5.21. The first-order valence-corrected chi connectivity index (χ1v) is 10.3. The molecule has 0 saturated carbocycles. The van der Waals surface area contributed by atoms with E-state index in [0.29, 0.717) is 5.82 Å². The van der Waals surface area contributed by atoms with Crippen LogP contribution in [0, 0.1) is 0 Å². The van der Waals surface area contributed by atoms with Crippen LogP contribution in [-0.2, 0) is 12.8 Å². The van der Waals surface area contributed by atoms with Crippen LogP contribution in [0.1, 0.15) is 62.3 Å². The summed E-state index contributed by atoms with van der Waals surface area (Å²) in [7, 11) is 0. The molecule has 2 aromatic rings. The summed E-state index contributed by atoms with van der Waals surface area (Å²) in [5.41, 5.74) is 7.67. The van der Waals surface area contributed by atoms with Gasteiger partial charge in [0.25, 0.3) is 0 Å². The molecular weight excluding hydrogens is 310 g/mol. The minimum atomic E-state index is 0.692. The molecule has 0 atom stereocenters. The molecule has 0 radical (unpaired) electrons. The quantitative estimate of drug-likeness (QED) is 0.428. The summed E-state index contributed by atoms with van der Waals surface area (Å²) in [5.74, 6) is 1.79. The Labute approximate surface area is 141 Å². The topological polar surface area (TPSA) is 51.8 Å². The lowest BCUT2D eigenvalue weighted by molar-refractivity contribution is 0.659. The number of fused-ring (bicyclic) bond motifs is 3. The summed E-state index contributed by atoms with van der Waals surface area (Å²) in [6.07, 6.45) is 11.4. The average Bonchev–Trinajstić information content (AvgIpc) is 2.89. The van der Waals surface area contributed by atoms with Crippen LogP contribution in [0.15, 0.2) is 5.16 Å². The molecule has 3 rings (SSSR count). The molecule has 2 N–H and O–H groups in total. The molecule has 0 unspecified atom stereocenters. The first kappa shape index (κ1) is 16.1. The number of unbranched alkanes of at least 4 members (excludes halogenated alkanes) is 4. The fourth-order valence-corrected chi connectivity index (χ4v) is 5.28. The van der Waals surface area contributed by atoms with Gasteiger partial charge in [-0.05, 0) is 37.7 Å². The summed E-state index contributed by atoms with van der Waals surface area (Å²) in [6.45, 7) is 2.25. The molecule has 2 heterocycles. The maximum absolute atomic E-state index is 6.24. The van der Waals surface area contributed by atoms with Crippen molar-refractivity contribution in [3.63, 3.8) is 0 Å². The SMILES string of the molecule is CCCCCCCSc1nc(N)c2c3c(sc2n1)CCCC3. The predicted molar refractivity (Wildman–Crippen MR) is 98.0 cm³/mol. The minimum Gasteiger partial charge on any atom is -0.383 e. The van der Waals surface area contributed by atoms with Gasteiger partial charge in [0.05, 0.1) is 5.39 Å². The lowest BCUT2D eigenvalue weighted by atomic mass is 9.97. The van der Waals surface area contributed by atoms with E-state index in [-0.39, 0.29) is 0 Å². The number of hydrogen-bond acceptors (Lipinski definition) is 5. The molecule has 1 aliphatic carbocycles. The Kier molecular flexibility index (Phi) is 5.58. The highest BCUT2D eigenvalue weighted by atomic mass is 32.2. The molecule has 0 bridgehead atoms. The molecule has 0 spiro atoms. The van der Waals surface area contributed by atoms with Crippen LogP contribution in [-0.4, -0.2) is 15.7 Å². The summed E-state index contributed by atoms with van der Waals surface area (Å²) in [5, 5.41) is 2.01. The molecule has 22 heavy (non-hydrogen) atoms. The van der Waals surface area contributed by atoms with Crippen LogP contribution in [0.4, 0.5) is 5.82 Å². The summed E-state index contributed by atoms with van der Waals surface area (Å²) in [6, 6.07) is 0. The zero-order valence-electron chi connectivity index (χ0n) is 13.4. The third-order valence-electron chi connectivity index (χ3n) is 4.30. The molecule has 0 fully saturated rings. The van der Waals surface area contributed by atoms with Crippen molar-refractivity contribution in [1.29, 1.82) is 0 Å². The number of hydrogen-bond donors (Lipinski definition) is 1. The zero-order valence-corrected chi connectivity index (χ0v) is 15.0. The Hall–Kier alpha value is -0.810. The Morgan fingerprint density at radius 2 is 1.91 bits per heavy atom. The molecule has 0 aliphatic heterocycles. The Balaban J connectivity index is 1.67. The van der Waals surface area contributed by atoms with Crippen molar-refractivity contribution in [2.24, 2.45) is 0 Å². The largest absolute Gasteiger partial charge is 0.383 e. The summed E-state index contributed by atoms with van der Waals surface area (Å²) >= 11 is 3.59. The highest BCUT2D eigenvalue weighted by Gasteiger charge is 2.20. The van der Waals surface area contributed by atoms with E-state index in [9.17, 15) is 0 Å². The first-order chi connectivity index (χ1) is 10.8. The number of nitrogens with zero attached hydrogens (tertiary/aromatic N) is 2. The van der Waals surface area contributed by atoms with Crippen LogP contribution in [0.3, 0.4) is 0 Å². The van der Waals surface area contributed by atoms with Gasteiger partial charge in [0.1, 0.15) is 10.6 Å². The van der Waals surface area contributed by atoms with Gasteiger partial charge in [-0.3, -0.25) is 0 Å². The lowest BCUT2D eigenvalue weighted by Crippen LogP contribution is -2.01. The van der Waals surface area contributed by atoms with Crippen LogP contribution in [0.25, 0.3) is 10.2 Å². The number of thioether (sulfide) groups is 1. The number of thiophene rings is 1. The first-order valence-electron chi connectivity index (χ1n) is 8.50. The van der Waals surface area contributed by atoms with Crippen molar-refractivity contribution < 1.29 is 0 Å². The van der Waals surface area contributed by atoms with Gasteiger partial charge in [-0.15, -0.1) is 11.3 Å². The van der Waals surface area contributed by atoms with Gasteiger partial charge in [0.2, 0.25) is 0 Å². The van der Waals surface area contributed by atoms with Crippen molar-refractivity contribution in [3.05, 3.63) is 10.4 Å². The number of rotatable bonds is 7. The average molecular weight is 336 g/mol. The smallest absolute Gasteiger partial charge is 0.190 e. The van der Waals surface area contributed by atoms with E-state index in [1.54, 1.807) is 11.8 Å². The summed E-state index contributed by atoms with van der Waals surface area (Å²) in [4.78, 5) is 11.9. The van der Waals surface area contributed by atoms with Crippen molar-refractivity contribution in [2.45, 2.75) is 69.9 Å². The van der Waals surface area contributed by atoms with E-state index in [2.05, 4.69) is 11.9 Å². The number of anilines is 1. The van der Waals surface area contributed by atoms with Gasteiger partial charge < -0.3 is 5.73 Å². The maximum Gasteiger partial charge on any atom is 0.190 e. The Bertz CT molecular complexity index is 636. The Morgan fingerprint density at radius 1 is 1.09 bits per heavy atom. The van der Waals surface area contributed by atoms with E-state index in [1.165, 1.54) is 61.8 Å². The van der Waals surface area contributed by atoms with Crippen molar-refractivity contribution in [2.75, 3.05) is 11.5 Å². The molecular formula is C17H25N3S2. The number of nitrogen functional groups attached to an aromatic ring is 1. The van der Waals surface area contributed by atoms with Gasteiger partial charge in [-0.1, -0.05) is 44.4 Å². The molecule has 3 nitrogen and oxygen atoms in total. The van der Waals surface area contributed by atoms with E-state index < -0.39 is 0 Å². The zero-order chi connectivity index (χ0) is 15.4. The van der Waals surface area contributed by atoms with Gasteiger partial charge in [-0.25, -0.2) is 9.97 Å². The fraction of sp³-hybridized carbons (Fsp3) is 0.647. The van der Waals surface area contributed by atoms with E-state index in [1.807, 2.05) is 11.3 Å². The molecule has 120 valence electrons. The molecule has 0 amide bonds. The molecule has 0 saturated heterocycles. The van der Waals surface area contributed by atoms with Gasteiger partial charge in [0.15, 0.2) is 5.16 Å². The van der Waals surface area contributed by atoms with E-state index in [4.69, 9.17) is 10.7 Å². The van der Waals surface area contributed by atoms with Crippen molar-refractivity contribution in [3.8, 4) is 0 Å². The molecule has 0 aromatic carbocycles. The standard InChI is InChI=1S/C17H25N3S2/c1-2-3-4-5-8-11-21-17-19-15(18)14-12-9-6-7-10-13(12)22-16(14)20-17/h2-11H2,1H3,(H2,18,19,20). The monoisotopic (exact) mass is 335 g/mol. The van der Waals surface area contributed by atoms with Crippen LogP contribution < -0.4 is 5.73 Å². The maximum atomic E-state index is 6.24. The van der Waals surface area contributed by atoms with E-state index >= 15 is 0 Å². The second-order valence-corrected chi connectivity index (χ2v) is 8.19. The van der Waals surface area contributed by atoms with Crippen LogP contribution in [0.2, 0.25) is 0 Å². The van der Waals surface area contributed by atoms with E-state index in [0.717, 1.165) is 27.5 Å². The van der Waals surface area contributed by atoms with Gasteiger partial charge in [0, 0.05) is 10.6 Å². The normalized spacial score (nSPS) is 14.4. The second-order valence-electron chi connectivity index (χ2n) is 6.05. The van der Waals surface area contributed by atoms with Crippen LogP contribution >= 0.6 is 23.1 Å². The highest BCUT2D eigenvalue weighted by Crippen LogP contribution is 2.38. The molecule has 5 heteroatoms. The number of aromatic nitrogens is 2. The van der Waals surface area contributed by atoms with Crippen molar-refractivity contribution in [1.82, 2.24) is 9.97 Å². The van der Waals surface area contributed by atoms with Gasteiger partial charge >= 0.3 is 0 Å². The number of nitrogens with two attached hydrogens (primary N) is 1. The van der Waals surface area contributed by atoms with Crippen LogP contribution in [0.5, 0.6) is 0 Å². The molecule has 2 aromatic heterocycles. The number of aryl methyl sites for hydroxylation is 2. The Morgan fingerprint density at radius 3 is 2.77 bits per heavy atom. The van der Waals surface area contributed by atoms with Crippen molar-refractivity contribution >= 4 is 39.1 Å². The summed E-state index contributed by atoms with van der Waals surface area (Å²) < 4.78 is 0. The second kappa shape index (κ2) is 7.64. The fourth-order valence-electron chi connectivity index (χ4n) is 3.10. The van der Waals surface area contributed by atoms with Gasteiger partial charge in [-0.2, -0.15) is 0 Å².